The fourth-order valence-corrected chi connectivity index (χ4v) is 9.22. The molecule has 0 radical (unpaired) electrons. The van der Waals surface area contributed by atoms with Crippen LogP contribution in [0.25, 0.3) is 0 Å². The van der Waals surface area contributed by atoms with Crippen LogP contribution >= 0.6 is 0 Å². The molecule has 44 heavy (non-hydrogen) atoms. The summed E-state index contributed by atoms with van der Waals surface area (Å²) in [4.78, 5) is 28.9. The van der Waals surface area contributed by atoms with E-state index in [1.54, 1.807) is 7.11 Å². The van der Waals surface area contributed by atoms with Crippen LogP contribution in [-0.4, -0.2) is 57.6 Å². The number of ether oxygens (including phenoxy) is 1. The van der Waals surface area contributed by atoms with Gasteiger partial charge < -0.3 is 15.0 Å². The molecule has 0 spiro atoms. The Morgan fingerprint density at radius 1 is 1.00 bits per heavy atom. The second-order valence-electron chi connectivity index (χ2n) is 14.0. The van der Waals surface area contributed by atoms with Crippen LogP contribution in [0.5, 0.6) is 5.75 Å². The van der Waals surface area contributed by atoms with Crippen LogP contribution in [0.1, 0.15) is 76.8 Å². The molecule has 0 unspecified atom stereocenters. The van der Waals surface area contributed by atoms with E-state index in [-0.39, 0.29) is 23.8 Å². The van der Waals surface area contributed by atoms with Gasteiger partial charge in [0, 0.05) is 13.1 Å². The number of benzene rings is 2. The van der Waals surface area contributed by atoms with Crippen LogP contribution in [0.2, 0.25) is 0 Å². The van der Waals surface area contributed by atoms with Gasteiger partial charge in [-0.05, 0) is 109 Å². The molecule has 2 aromatic rings. The lowest BCUT2D eigenvalue weighted by molar-refractivity contribution is -0.140. The van der Waals surface area contributed by atoms with Gasteiger partial charge in [0.05, 0.1) is 19.1 Å². The first kappa shape index (κ1) is 32.3. The minimum absolute atomic E-state index is 0.145. The van der Waals surface area contributed by atoms with Crippen molar-refractivity contribution in [3.63, 3.8) is 0 Å². The minimum Gasteiger partial charge on any atom is -0.497 e. The summed E-state index contributed by atoms with van der Waals surface area (Å²) in [6.45, 7) is 6.13. The third-order valence-corrected chi connectivity index (χ3v) is 11.2. The summed E-state index contributed by atoms with van der Waals surface area (Å²) in [5, 5.41) is 2.96. The second kappa shape index (κ2) is 13.1. The molecular weight excluding hydrogens is 574 g/mol. The summed E-state index contributed by atoms with van der Waals surface area (Å²) in [6, 6.07) is 14.5. The molecule has 4 fully saturated rings. The fourth-order valence-electron chi connectivity index (χ4n) is 8.37. The monoisotopic (exact) mass is 623 g/mol. The van der Waals surface area contributed by atoms with Gasteiger partial charge in [-0.15, -0.1) is 0 Å². The number of anilines is 1. The summed E-state index contributed by atoms with van der Waals surface area (Å²) in [6.07, 6.45) is 9.28. The van der Waals surface area contributed by atoms with E-state index in [1.165, 1.54) is 53.3 Å². The number of methoxy groups -OCH3 is 1. The lowest BCUT2D eigenvalue weighted by Crippen LogP contribution is -2.52. The van der Waals surface area contributed by atoms with Gasteiger partial charge in [0.2, 0.25) is 21.8 Å². The number of rotatable bonds is 13. The number of nitrogens with one attached hydrogen (secondary N) is 1. The Morgan fingerprint density at radius 3 is 2.14 bits per heavy atom. The Kier molecular flexibility index (Phi) is 9.64. The molecule has 240 valence electrons. The van der Waals surface area contributed by atoms with Crippen molar-refractivity contribution in [3.05, 3.63) is 59.7 Å². The highest BCUT2D eigenvalue weighted by molar-refractivity contribution is 7.92. The van der Waals surface area contributed by atoms with Crippen molar-refractivity contribution in [3.8, 4) is 5.75 Å². The molecule has 4 saturated carbocycles. The lowest BCUT2D eigenvalue weighted by atomic mass is 9.48. The highest BCUT2D eigenvalue weighted by atomic mass is 32.2. The fraction of sp³-hybridized carbons (Fsp3) is 0.600. The summed E-state index contributed by atoms with van der Waals surface area (Å²) in [5.74, 6) is 2.64. The molecule has 0 heterocycles. The molecule has 0 aromatic heterocycles. The standard InChI is InChI=1S/C35H49N3O5S/c1-6-32(34(40)36-21-24(2)3)37(22-25-8-7-9-31(17-25)43-4)33(39)23-38(44(5,41)42)30-12-10-29(11-13-30)35-18-26-14-27(19-35)16-28(15-26)20-35/h7-13,17,24,26-28,32H,6,14-16,18-23H2,1-5H3,(H,36,40)/t26?,27?,28?,32-,35?/m1/s1. The van der Waals surface area contributed by atoms with Crippen molar-refractivity contribution < 1.29 is 22.7 Å². The predicted octanol–water partition coefficient (Wildman–Crippen LogP) is 5.51. The molecule has 1 N–H and O–H groups in total. The highest BCUT2D eigenvalue weighted by Crippen LogP contribution is 2.60. The molecule has 6 rings (SSSR count). The van der Waals surface area contributed by atoms with Gasteiger partial charge in [-0.2, -0.15) is 0 Å². The number of amides is 2. The number of carbonyl (C=O) groups is 2. The third kappa shape index (κ3) is 7.08. The van der Waals surface area contributed by atoms with Crippen molar-refractivity contribution in [1.29, 1.82) is 0 Å². The maximum Gasteiger partial charge on any atom is 0.244 e. The van der Waals surface area contributed by atoms with Crippen molar-refractivity contribution in [2.45, 2.75) is 83.7 Å². The van der Waals surface area contributed by atoms with Crippen molar-refractivity contribution in [2.75, 3.05) is 30.8 Å². The van der Waals surface area contributed by atoms with E-state index >= 15 is 0 Å². The summed E-state index contributed by atoms with van der Waals surface area (Å²) >= 11 is 0. The Hall–Kier alpha value is -3.07. The van der Waals surface area contributed by atoms with Gasteiger partial charge in [-0.1, -0.05) is 45.0 Å². The first-order chi connectivity index (χ1) is 20.9. The zero-order chi connectivity index (χ0) is 31.6. The van der Waals surface area contributed by atoms with Gasteiger partial charge in [0.1, 0.15) is 18.3 Å². The van der Waals surface area contributed by atoms with Gasteiger partial charge in [-0.3, -0.25) is 13.9 Å². The molecule has 2 aromatic carbocycles. The normalized spacial score (nSPS) is 24.6. The Morgan fingerprint density at radius 2 is 1.61 bits per heavy atom. The maximum absolute atomic E-state index is 14.1. The average molecular weight is 624 g/mol. The van der Waals surface area contributed by atoms with Crippen molar-refractivity contribution >= 4 is 27.5 Å². The van der Waals surface area contributed by atoms with E-state index < -0.39 is 28.5 Å². The molecule has 9 heteroatoms. The zero-order valence-electron chi connectivity index (χ0n) is 26.9. The van der Waals surface area contributed by atoms with Gasteiger partial charge in [0.25, 0.3) is 0 Å². The Bertz CT molecular complexity index is 1400. The predicted molar refractivity (Wildman–Crippen MR) is 174 cm³/mol. The van der Waals surface area contributed by atoms with E-state index in [0.29, 0.717) is 24.4 Å². The number of carbonyl (C=O) groups excluding carboxylic acids is 2. The molecule has 2 amide bonds. The first-order valence-corrected chi connectivity index (χ1v) is 18.0. The van der Waals surface area contributed by atoms with Crippen LogP contribution in [0.15, 0.2) is 48.5 Å². The van der Waals surface area contributed by atoms with Crippen molar-refractivity contribution in [2.24, 2.45) is 23.7 Å². The quantitative estimate of drug-likeness (QED) is 0.318. The van der Waals surface area contributed by atoms with Gasteiger partial charge in [-0.25, -0.2) is 8.42 Å². The van der Waals surface area contributed by atoms with E-state index in [9.17, 15) is 18.0 Å². The Labute approximate surface area is 263 Å². The topological polar surface area (TPSA) is 96.0 Å². The third-order valence-electron chi connectivity index (χ3n) is 10.0. The molecule has 4 aliphatic rings. The van der Waals surface area contributed by atoms with Crippen LogP contribution in [0.4, 0.5) is 5.69 Å². The smallest absolute Gasteiger partial charge is 0.244 e. The molecule has 0 saturated heterocycles. The van der Waals surface area contributed by atoms with Crippen LogP contribution in [0, 0.1) is 23.7 Å². The van der Waals surface area contributed by atoms with Crippen LogP contribution in [0.3, 0.4) is 0 Å². The van der Waals surface area contributed by atoms with E-state index in [1.807, 2.05) is 57.2 Å². The van der Waals surface area contributed by atoms with E-state index in [0.717, 1.165) is 29.6 Å². The van der Waals surface area contributed by atoms with Crippen LogP contribution < -0.4 is 14.4 Å². The summed E-state index contributed by atoms with van der Waals surface area (Å²) < 4.78 is 32.9. The van der Waals surface area contributed by atoms with Gasteiger partial charge in [0.15, 0.2) is 0 Å². The van der Waals surface area contributed by atoms with Gasteiger partial charge >= 0.3 is 0 Å². The molecule has 1 atom stereocenters. The first-order valence-electron chi connectivity index (χ1n) is 16.2. The minimum atomic E-state index is -3.80. The average Bonchev–Trinajstić information content (AvgIpc) is 2.97. The number of hydrogen-bond donors (Lipinski definition) is 1. The number of sulfonamides is 1. The van der Waals surface area contributed by atoms with E-state index in [2.05, 4.69) is 17.4 Å². The van der Waals surface area contributed by atoms with Crippen LogP contribution in [-0.2, 0) is 31.6 Å². The largest absolute Gasteiger partial charge is 0.497 e. The Balaban J connectivity index is 1.40. The lowest BCUT2D eigenvalue weighted by Gasteiger charge is -2.57. The maximum atomic E-state index is 14.1. The van der Waals surface area contributed by atoms with Crippen molar-refractivity contribution in [1.82, 2.24) is 10.2 Å². The highest BCUT2D eigenvalue weighted by Gasteiger charge is 2.51. The molecule has 4 aliphatic carbocycles. The number of nitrogens with zero attached hydrogens (tertiary/aromatic N) is 2. The van der Waals surface area contributed by atoms with E-state index in [4.69, 9.17) is 4.74 Å². The molecular formula is C35H49N3O5S. The molecule has 0 aliphatic heterocycles. The SMILES string of the molecule is CC[C@H](C(=O)NCC(C)C)N(Cc1cccc(OC)c1)C(=O)CN(c1ccc(C23CC4CC(CC(C4)C2)C3)cc1)S(C)(=O)=O. The summed E-state index contributed by atoms with van der Waals surface area (Å²) in [7, 11) is -2.22. The zero-order valence-corrected chi connectivity index (χ0v) is 27.7. The molecule has 4 bridgehead atoms. The second-order valence-corrected chi connectivity index (χ2v) is 15.9. The molecule has 8 nitrogen and oxygen atoms in total. The number of hydrogen-bond acceptors (Lipinski definition) is 5. The summed E-state index contributed by atoms with van der Waals surface area (Å²) in [5.41, 5.74) is 2.75.